The normalized spacial score (nSPS) is 10.3. The zero-order chi connectivity index (χ0) is 7.56. The average molecular weight is 139 g/mol. The van der Waals surface area contributed by atoms with E-state index in [4.69, 9.17) is 4.52 Å². The van der Waals surface area contributed by atoms with Crippen LogP contribution in [0.3, 0.4) is 0 Å². The van der Waals surface area contributed by atoms with Crippen molar-refractivity contribution in [3.8, 4) is 0 Å². The van der Waals surface area contributed by atoms with Gasteiger partial charge in [-0.05, 0) is 19.8 Å². The maximum atomic E-state index is 5.03. The summed E-state index contributed by atoms with van der Waals surface area (Å²) in [5, 5.41) is 3.93. The molecule has 1 aromatic heterocycles. The average Bonchev–Trinajstić information content (AvgIpc) is 2.30. The standard InChI is InChI=1S/C8H13NO/c1-4-7-6(3)10-9-8(7)5-2/h4-5H2,1-3H3. The largest absolute Gasteiger partial charge is 0.361 e. The van der Waals surface area contributed by atoms with Crippen molar-refractivity contribution in [2.75, 3.05) is 0 Å². The van der Waals surface area contributed by atoms with Crippen molar-refractivity contribution in [1.82, 2.24) is 5.16 Å². The topological polar surface area (TPSA) is 26.0 Å². The lowest BCUT2D eigenvalue weighted by Gasteiger charge is -1.91. The lowest BCUT2D eigenvalue weighted by atomic mass is 10.1. The van der Waals surface area contributed by atoms with Crippen molar-refractivity contribution in [2.24, 2.45) is 0 Å². The minimum atomic E-state index is 0.972. The van der Waals surface area contributed by atoms with Gasteiger partial charge in [-0.25, -0.2) is 0 Å². The molecule has 0 radical (unpaired) electrons. The van der Waals surface area contributed by atoms with Crippen LogP contribution in [0.1, 0.15) is 30.9 Å². The highest BCUT2D eigenvalue weighted by molar-refractivity contribution is 5.21. The molecule has 0 aliphatic rings. The molecule has 1 rings (SSSR count). The van der Waals surface area contributed by atoms with Crippen LogP contribution in [0.25, 0.3) is 0 Å². The zero-order valence-electron chi connectivity index (χ0n) is 6.77. The highest BCUT2D eigenvalue weighted by Crippen LogP contribution is 2.13. The third kappa shape index (κ3) is 1.06. The minimum absolute atomic E-state index is 0.972. The Kier molecular flexibility index (Phi) is 2.10. The number of rotatable bonds is 2. The van der Waals surface area contributed by atoms with Crippen molar-refractivity contribution in [3.63, 3.8) is 0 Å². The van der Waals surface area contributed by atoms with E-state index in [1.54, 1.807) is 0 Å². The Balaban J connectivity index is 3.01. The summed E-state index contributed by atoms with van der Waals surface area (Å²) in [5.74, 6) is 0.972. The molecule has 1 heterocycles. The first kappa shape index (κ1) is 7.32. The summed E-state index contributed by atoms with van der Waals surface area (Å²) in [4.78, 5) is 0. The minimum Gasteiger partial charge on any atom is -0.361 e. The maximum Gasteiger partial charge on any atom is 0.137 e. The molecule has 0 fully saturated rings. The monoisotopic (exact) mass is 139 g/mol. The van der Waals surface area contributed by atoms with Gasteiger partial charge in [0, 0.05) is 5.56 Å². The van der Waals surface area contributed by atoms with Crippen LogP contribution in [0.4, 0.5) is 0 Å². The van der Waals surface area contributed by atoms with E-state index in [9.17, 15) is 0 Å². The quantitative estimate of drug-likeness (QED) is 0.627. The van der Waals surface area contributed by atoms with E-state index < -0.39 is 0 Å². The number of nitrogens with zero attached hydrogens (tertiary/aromatic N) is 1. The molecule has 0 aliphatic heterocycles. The molecule has 2 nitrogen and oxygen atoms in total. The van der Waals surface area contributed by atoms with Gasteiger partial charge in [0.2, 0.25) is 0 Å². The Bertz CT molecular complexity index is 215. The Labute approximate surface area is 61.2 Å². The van der Waals surface area contributed by atoms with E-state index in [0.29, 0.717) is 0 Å². The second kappa shape index (κ2) is 2.86. The van der Waals surface area contributed by atoms with E-state index in [1.165, 1.54) is 5.56 Å². The van der Waals surface area contributed by atoms with Gasteiger partial charge < -0.3 is 4.52 Å². The second-order valence-corrected chi connectivity index (χ2v) is 2.37. The predicted molar refractivity (Wildman–Crippen MR) is 40.0 cm³/mol. The van der Waals surface area contributed by atoms with Crippen molar-refractivity contribution in [3.05, 3.63) is 17.0 Å². The molecule has 0 N–H and O–H groups in total. The van der Waals surface area contributed by atoms with Gasteiger partial charge in [0.25, 0.3) is 0 Å². The lowest BCUT2D eigenvalue weighted by Crippen LogP contribution is -1.87. The van der Waals surface area contributed by atoms with E-state index >= 15 is 0 Å². The Morgan fingerprint density at radius 1 is 1.30 bits per heavy atom. The molecular weight excluding hydrogens is 126 g/mol. The van der Waals surface area contributed by atoms with Gasteiger partial charge in [-0.2, -0.15) is 0 Å². The smallest absolute Gasteiger partial charge is 0.137 e. The van der Waals surface area contributed by atoms with E-state index in [2.05, 4.69) is 19.0 Å². The zero-order valence-corrected chi connectivity index (χ0v) is 6.77. The Morgan fingerprint density at radius 3 is 2.40 bits per heavy atom. The van der Waals surface area contributed by atoms with Gasteiger partial charge in [0.15, 0.2) is 0 Å². The van der Waals surface area contributed by atoms with Crippen LogP contribution in [0.15, 0.2) is 4.52 Å². The highest BCUT2D eigenvalue weighted by Gasteiger charge is 2.07. The molecule has 56 valence electrons. The van der Waals surface area contributed by atoms with Gasteiger partial charge in [0.05, 0.1) is 5.69 Å². The van der Waals surface area contributed by atoms with E-state index in [0.717, 1.165) is 24.3 Å². The third-order valence-corrected chi connectivity index (χ3v) is 1.75. The number of aromatic nitrogens is 1. The summed E-state index contributed by atoms with van der Waals surface area (Å²) >= 11 is 0. The fraction of sp³-hybridized carbons (Fsp3) is 0.625. The van der Waals surface area contributed by atoms with Gasteiger partial charge >= 0.3 is 0 Å². The fourth-order valence-corrected chi connectivity index (χ4v) is 1.17. The molecule has 0 unspecified atom stereocenters. The van der Waals surface area contributed by atoms with Crippen molar-refractivity contribution in [2.45, 2.75) is 33.6 Å². The molecule has 2 heteroatoms. The maximum absolute atomic E-state index is 5.03. The Morgan fingerprint density at radius 2 is 2.00 bits per heavy atom. The second-order valence-electron chi connectivity index (χ2n) is 2.37. The van der Waals surface area contributed by atoms with Crippen LogP contribution in [0, 0.1) is 6.92 Å². The molecule has 0 saturated heterocycles. The molecule has 0 saturated carbocycles. The molecule has 0 atom stereocenters. The van der Waals surface area contributed by atoms with Gasteiger partial charge in [-0.3, -0.25) is 0 Å². The van der Waals surface area contributed by atoms with E-state index in [1.807, 2.05) is 6.92 Å². The molecule has 0 spiro atoms. The number of hydrogen-bond donors (Lipinski definition) is 0. The van der Waals surface area contributed by atoms with Crippen LogP contribution in [-0.2, 0) is 12.8 Å². The SMILES string of the molecule is CCc1noc(C)c1CC. The lowest BCUT2D eigenvalue weighted by molar-refractivity contribution is 0.390. The summed E-state index contributed by atoms with van der Waals surface area (Å²) in [7, 11) is 0. The van der Waals surface area contributed by atoms with Crippen molar-refractivity contribution in [1.29, 1.82) is 0 Å². The molecule has 0 bridgehead atoms. The van der Waals surface area contributed by atoms with Gasteiger partial charge in [-0.1, -0.05) is 19.0 Å². The van der Waals surface area contributed by atoms with Gasteiger partial charge in [-0.15, -0.1) is 0 Å². The first-order valence-corrected chi connectivity index (χ1v) is 3.73. The van der Waals surface area contributed by atoms with Crippen LogP contribution in [0.2, 0.25) is 0 Å². The first-order chi connectivity index (χ1) is 4.79. The molecule has 1 aromatic rings. The molecule has 10 heavy (non-hydrogen) atoms. The number of hydrogen-bond acceptors (Lipinski definition) is 2. The van der Waals surface area contributed by atoms with Crippen molar-refractivity contribution >= 4 is 0 Å². The number of aryl methyl sites for hydroxylation is 2. The molecular formula is C8H13NO. The third-order valence-electron chi connectivity index (χ3n) is 1.75. The van der Waals surface area contributed by atoms with Crippen LogP contribution in [0.5, 0.6) is 0 Å². The summed E-state index contributed by atoms with van der Waals surface area (Å²) in [6, 6.07) is 0. The van der Waals surface area contributed by atoms with E-state index in [-0.39, 0.29) is 0 Å². The summed E-state index contributed by atoms with van der Waals surface area (Å²) in [6.45, 7) is 6.18. The van der Waals surface area contributed by atoms with Crippen LogP contribution < -0.4 is 0 Å². The predicted octanol–water partition coefficient (Wildman–Crippen LogP) is 2.11. The van der Waals surface area contributed by atoms with Gasteiger partial charge in [0.1, 0.15) is 5.76 Å². The molecule has 0 aliphatic carbocycles. The van der Waals surface area contributed by atoms with Crippen LogP contribution >= 0.6 is 0 Å². The highest BCUT2D eigenvalue weighted by atomic mass is 16.5. The fourth-order valence-electron chi connectivity index (χ4n) is 1.17. The summed E-state index contributed by atoms with van der Waals surface area (Å²) in [5.41, 5.74) is 2.39. The van der Waals surface area contributed by atoms with Crippen LogP contribution in [-0.4, -0.2) is 5.16 Å². The first-order valence-electron chi connectivity index (χ1n) is 3.73. The summed E-state index contributed by atoms with van der Waals surface area (Å²) in [6.07, 6.45) is 2.00. The molecule has 0 aromatic carbocycles. The summed E-state index contributed by atoms with van der Waals surface area (Å²) < 4.78 is 5.03. The Hall–Kier alpha value is -0.790. The van der Waals surface area contributed by atoms with Crippen molar-refractivity contribution < 1.29 is 4.52 Å². The molecule has 0 amide bonds.